The van der Waals surface area contributed by atoms with E-state index in [0.717, 1.165) is 22.2 Å². The third-order valence-corrected chi connectivity index (χ3v) is 5.77. The van der Waals surface area contributed by atoms with E-state index in [-0.39, 0.29) is 5.41 Å². The van der Waals surface area contributed by atoms with Crippen LogP contribution in [0, 0.1) is 6.92 Å². The van der Waals surface area contributed by atoms with E-state index in [1.807, 2.05) is 6.07 Å². The average Bonchev–Trinajstić information content (AvgIpc) is 3.11. The minimum atomic E-state index is -0.395. The Morgan fingerprint density at radius 1 is 1.28 bits per heavy atom. The summed E-state index contributed by atoms with van der Waals surface area (Å²) in [5.74, 6) is 0. The van der Waals surface area contributed by atoms with Crippen LogP contribution in [0.2, 0.25) is 0 Å². The molecule has 1 heterocycles. The molecule has 2 aromatic rings. The molecule has 1 aliphatic carbocycles. The lowest BCUT2D eigenvalue weighted by Crippen LogP contribution is -2.17. The molecule has 1 aliphatic rings. The van der Waals surface area contributed by atoms with Crippen molar-refractivity contribution in [2.45, 2.75) is 31.3 Å². The molecule has 0 saturated heterocycles. The molecule has 0 radical (unpaired) electrons. The van der Waals surface area contributed by atoms with Gasteiger partial charge in [-0.2, -0.15) is 0 Å². The van der Waals surface area contributed by atoms with Crippen molar-refractivity contribution in [3.05, 3.63) is 56.2 Å². The van der Waals surface area contributed by atoms with Crippen LogP contribution >= 0.6 is 27.3 Å². The molecule has 0 bridgehead atoms. The first-order valence-electron chi connectivity index (χ1n) is 6.13. The van der Waals surface area contributed by atoms with E-state index < -0.39 is 6.10 Å². The maximum atomic E-state index is 10.7. The molecule has 1 N–H and O–H groups in total. The van der Waals surface area contributed by atoms with E-state index in [9.17, 15) is 5.11 Å². The Labute approximate surface area is 120 Å². The predicted molar refractivity (Wildman–Crippen MR) is 79.1 cm³/mol. The van der Waals surface area contributed by atoms with Crippen LogP contribution in [0.5, 0.6) is 0 Å². The van der Waals surface area contributed by atoms with Crippen LogP contribution in [0.3, 0.4) is 0 Å². The van der Waals surface area contributed by atoms with Gasteiger partial charge in [-0.25, -0.2) is 0 Å². The molecule has 1 fully saturated rings. The van der Waals surface area contributed by atoms with Gasteiger partial charge in [-0.05, 0) is 47.3 Å². The summed E-state index contributed by atoms with van der Waals surface area (Å²) in [5.41, 5.74) is 1.21. The SMILES string of the molecule is Cc1cc(Br)c(C(O)C2(c3ccccc3)CC2)s1. The minimum absolute atomic E-state index is 0.0545. The Morgan fingerprint density at radius 2 is 1.94 bits per heavy atom. The smallest absolute Gasteiger partial charge is 0.0989 e. The second-order valence-electron chi connectivity index (χ2n) is 4.99. The molecule has 94 valence electrons. The van der Waals surface area contributed by atoms with Gasteiger partial charge in [0.2, 0.25) is 0 Å². The second kappa shape index (κ2) is 4.48. The first-order chi connectivity index (χ1) is 8.63. The fourth-order valence-corrected chi connectivity index (χ4v) is 4.54. The number of aliphatic hydroxyl groups is 1. The summed E-state index contributed by atoms with van der Waals surface area (Å²) in [5, 5.41) is 10.7. The van der Waals surface area contributed by atoms with Gasteiger partial charge in [0.25, 0.3) is 0 Å². The molecule has 0 amide bonds. The molecular weight excluding hydrogens is 308 g/mol. The van der Waals surface area contributed by atoms with Crippen LogP contribution in [0.15, 0.2) is 40.9 Å². The van der Waals surface area contributed by atoms with Crippen LogP contribution in [0.25, 0.3) is 0 Å². The van der Waals surface area contributed by atoms with E-state index >= 15 is 0 Å². The summed E-state index contributed by atoms with van der Waals surface area (Å²) in [6.45, 7) is 2.08. The van der Waals surface area contributed by atoms with Gasteiger partial charge in [-0.3, -0.25) is 0 Å². The van der Waals surface area contributed by atoms with E-state index in [2.05, 4.69) is 53.2 Å². The molecule has 3 rings (SSSR count). The van der Waals surface area contributed by atoms with Crippen molar-refractivity contribution in [2.75, 3.05) is 0 Å². The van der Waals surface area contributed by atoms with Crippen molar-refractivity contribution in [3.63, 3.8) is 0 Å². The van der Waals surface area contributed by atoms with Gasteiger partial charge in [-0.15, -0.1) is 11.3 Å². The zero-order valence-electron chi connectivity index (χ0n) is 10.2. The first-order valence-corrected chi connectivity index (χ1v) is 7.74. The zero-order chi connectivity index (χ0) is 12.8. The fourth-order valence-electron chi connectivity index (χ4n) is 2.56. The normalized spacial score (nSPS) is 18.6. The molecule has 18 heavy (non-hydrogen) atoms. The van der Waals surface area contributed by atoms with Crippen LogP contribution < -0.4 is 0 Å². The van der Waals surface area contributed by atoms with Crippen molar-refractivity contribution in [1.82, 2.24) is 0 Å². The fraction of sp³-hybridized carbons (Fsp3) is 0.333. The third-order valence-electron chi connectivity index (χ3n) is 3.75. The molecule has 1 unspecified atom stereocenters. The lowest BCUT2D eigenvalue weighted by molar-refractivity contribution is 0.136. The number of halogens is 1. The summed E-state index contributed by atoms with van der Waals surface area (Å²) >= 11 is 5.25. The number of thiophene rings is 1. The average molecular weight is 323 g/mol. The molecule has 3 heteroatoms. The highest BCUT2D eigenvalue weighted by Crippen LogP contribution is 2.58. The summed E-state index contributed by atoms with van der Waals surface area (Å²) in [6.07, 6.45) is 1.75. The number of rotatable bonds is 3. The van der Waals surface area contributed by atoms with Crippen molar-refractivity contribution >= 4 is 27.3 Å². The highest BCUT2D eigenvalue weighted by molar-refractivity contribution is 9.10. The maximum absolute atomic E-state index is 10.7. The molecule has 1 atom stereocenters. The first kappa shape index (κ1) is 12.4. The van der Waals surface area contributed by atoms with Crippen molar-refractivity contribution in [3.8, 4) is 0 Å². The van der Waals surface area contributed by atoms with Crippen molar-refractivity contribution < 1.29 is 5.11 Å². The number of hydrogen-bond donors (Lipinski definition) is 1. The Bertz CT molecular complexity index is 557. The number of aliphatic hydroxyl groups excluding tert-OH is 1. The monoisotopic (exact) mass is 322 g/mol. The van der Waals surface area contributed by atoms with Crippen molar-refractivity contribution in [1.29, 1.82) is 0 Å². The Balaban J connectivity index is 1.98. The Morgan fingerprint density at radius 3 is 2.44 bits per heavy atom. The van der Waals surface area contributed by atoms with E-state index in [4.69, 9.17) is 0 Å². The van der Waals surface area contributed by atoms with Gasteiger partial charge in [0.15, 0.2) is 0 Å². The van der Waals surface area contributed by atoms with Gasteiger partial charge < -0.3 is 5.11 Å². The van der Waals surface area contributed by atoms with E-state index in [1.165, 1.54) is 10.4 Å². The van der Waals surface area contributed by atoms with Crippen LogP contribution in [0.1, 0.15) is 34.3 Å². The highest BCUT2D eigenvalue weighted by Gasteiger charge is 2.51. The number of aryl methyl sites for hydroxylation is 1. The molecule has 0 spiro atoms. The lowest BCUT2D eigenvalue weighted by Gasteiger charge is -2.22. The topological polar surface area (TPSA) is 20.2 Å². The molecule has 1 saturated carbocycles. The minimum Gasteiger partial charge on any atom is -0.387 e. The molecule has 1 nitrogen and oxygen atoms in total. The quantitative estimate of drug-likeness (QED) is 0.876. The van der Waals surface area contributed by atoms with Gasteiger partial charge in [0.1, 0.15) is 0 Å². The summed E-state index contributed by atoms with van der Waals surface area (Å²) in [4.78, 5) is 2.30. The number of benzene rings is 1. The predicted octanol–water partition coefficient (Wildman–Crippen LogP) is 4.58. The van der Waals surface area contributed by atoms with Gasteiger partial charge in [-0.1, -0.05) is 30.3 Å². The molecule has 0 aliphatic heterocycles. The van der Waals surface area contributed by atoms with E-state index in [1.54, 1.807) is 11.3 Å². The standard InChI is InChI=1S/C15H15BrOS/c1-10-9-12(16)13(18-10)14(17)15(7-8-15)11-5-3-2-4-6-11/h2-6,9,14,17H,7-8H2,1H3. The molecule has 1 aromatic carbocycles. The largest absolute Gasteiger partial charge is 0.387 e. The maximum Gasteiger partial charge on any atom is 0.0989 e. The summed E-state index contributed by atoms with van der Waals surface area (Å²) in [6, 6.07) is 12.5. The Kier molecular flexibility index (Phi) is 3.08. The van der Waals surface area contributed by atoms with Crippen LogP contribution in [-0.2, 0) is 5.41 Å². The van der Waals surface area contributed by atoms with E-state index in [0.29, 0.717) is 0 Å². The van der Waals surface area contributed by atoms with Gasteiger partial charge in [0, 0.05) is 19.6 Å². The summed E-state index contributed by atoms with van der Waals surface area (Å²) < 4.78 is 1.04. The van der Waals surface area contributed by atoms with Gasteiger partial charge >= 0.3 is 0 Å². The second-order valence-corrected chi connectivity index (χ2v) is 7.14. The van der Waals surface area contributed by atoms with Crippen LogP contribution in [0.4, 0.5) is 0 Å². The highest BCUT2D eigenvalue weighted by atomic mass is 79.9. The molecule has 1 aromatic heterocycles. The lowest BCUT2D eigenvalue weighted by atomic mass is 9.89. The van der Waals surface area contributed by atoms with Crippen LogP contribution in [-0.4, -0.2) is 5.11 Å². The molecular formula is C15H15BrOS. The summed E-state index contributed by atoms with van der Waals surface area (Å²) in [7, 11) is 0. The van der Waals surface area contributed by atoms with Gasteiger partial charge in [0.05, 0.1) is 6.10 Å². The number of hydrogen-bond acceptors (Lipinski definition) is 2. The zero-order valence-corrected chi connectivity index (χ0v) is 12.6. The Hall–Kier alpha value is -0.640. The third kappa shape index (κ3) is 1.94. The van der Waals surface area contributed by atoms with Crippen molar-refractivity contribution in [2.24, 2.45) is 0 Å².